The molecule has 0 bridgehead atoms. The molecule has 1 aromatic heterocycles. The van der Waals surface area contributed by atoms with E-state index in [1.54, 1.807) is 0 Å². The second-order valence-corrected chi connectivity index (χ2v) is 6.27. The maximum Gasteiger partial charge on any atom is 0.161 e. The molecule has 2 rings (SSSR count). The molecule has 0 aliphatic carbocycles. The zero-order chi connectivity index (χ0) is 14.7. The number of rotatable bonds is 4. The summed E-state index contributed by atoms with van der Waals surface area (Å²) in [6, 6.07) is 10.3. The van der Waals surface area contributed by atoms with Gasteiger partial charge in [0.2, 0.25) is 0 Å². The molecule has 20 heavy (non-hydrogen) atoms. The molecule has 3 heteroatoms. The molecule has 0 aliphatic heterocycles. The van der Waals surface area contributed by atoms with E-state index in [0.29, 0.717) is 22.8 Å². The van der Waals surface area contributed by atoms with E-state index in [1.807, 2.05) is 6.07 Å². The summed E-state index contributed by atoms with van der Waals surface area (Å²) in [5.41, 5.74) is 3.34. The molecule has 0 unspecified atom stereocenters. The Hall–Kier alpha value is -1.41. The van der Waals surface area contributed by atoms with Gasteiger partial charge in [-0.15, -0.1) is 0 Å². The number of benzene rings is 1. The van der Waals surface area contributed by atoms with Crippen LogP contribution >= 0.6 is 11.6 Å². The molecular formula is C17H21ClN2. The summed E-state index contributed by atoms with van der Waals surface area (Å²) in [7, 11) is 0. The molecule has 2 aromatic rings. The standard InChI is InChI=1S/C17H21ClN2/c1-11(2)9-15-10-16(18)20-17(19-15)14-7-5-13(6-8-14)12(3)4/h5-8,10-12H,9H2,1-4H3. The first-order chi connectivity index (χ1) is 9.45. The summed E-state index contributed by atoms with van der Waals surface area (Å²) < 4.78 is 0. The molecule has 0 spiro atoms. The Morgan fingerprint density at radius 1 is 1.00 bits per heavy atom. The Kier molecular flexibility index (Phi) is 4.77. The van der Waals surface area contributed by atoms with Gasteiger partial charge in [0.05, 0.1) is 0 Å². The topological polar surface area (TPSA) is 25.8 Å². The lowest BCUT2D eigenvalue weighted by molar-refractivity contribution is 0.634. The Morgan fingerprint density at radius 3 is 2.20 bits per heavy atom. The largest absolute Gasteiger partial charge is 0.233 e. The van der Waals surface area contributed by atoms with Crippen molar-refractivity contribution in [2.24, 2.45) is 5.92 Å². The predicted octanol–water partition coefficient (Wildman–Crippen LogP) is 5.12. The van der Waals surface area contributed by atoms with Gasteiger partial charge >= 0.3 is 0 Å². The van der Waals surface area contributed by atoms with Crippen LogP contribution in [0.3, 0.4) is 0 Å². The van der Waals surface area contributed by atoms with E-state index >= 15 is 0 Å². The van der Waals surface area contributed by atoms with Crippen molar-refractivity contribution in [2.75, 3.05) is 0 Å². The fourth-order valence-electron chi connectivity index (χ4n) is 2.13. The first-order valence-corrected chi connectivity index (χ1v) is 7.47. The highest BCUT2D eigenvalue weighted by Gasteiger charge is 2.08. The molecule has 1 heterocycles. The number of aromatic nitrogens is 2. The van der Waals surface area contributed by atoms with E-state index in [1.165, 1.54) is 5.56 Å². The van der Waals surface area contributed by atoms with Crippen molar-refractivity contribution >= 4 is 11.6 Å². The van der Waals surface area contributed by atoms with Gasteiger partial charge in [-0.3, -0.25) is 0 Å². The highest BCUT2D eigenvalue weighted by molar-refractivity contribution is 6.29. The third-order valence-corrected chi connectivity index (χ3v) is 3.39. The molecule has 0 radical (unpaired) electrons. The van der Waals surface area contributed by atoms with Gasteiger partial charge in [0.25, 0.3) is 0 Å². The molecule has 0 N–H and O–H groups in total. The van der Waals surface area contributed by atoms with E-state index in [4.69, 9.17) is 11.6 Å². The fraction of sp³-hybridized carbons (Fsp3) is 0.412. The second kappa shape index (κ2) is 6.36. The van der Waals surface area contributed by atoms with E-state index in [0.717, 1.165) is 17.7 Å². The van der Waals surface area contributed by atoms with E-state index in [9.17, 15) is 0 Å². The third kappa shape index (κ3) is 3.80. The summed E-state index contributed by atoms with van der Waals surface area (Å²) in [5, 5.41) is 0.513. The van der Waals surface area contributed by atoms with Crippen molar-refractivity contribution in [1.82, 2.24) is 9.97 Å². The zero-order valence-electron chi connectivity index (χ0n) is 12.5. The van der Waals surface area contributed by atoms with Gasteiger partial charge in [0.15, 0.2) is 5.82 Å². The number of hydrogen-bond acceptors (Lipinski definition) is 2. The van der Waals surface area contributed by atoms with Crippen LogP contribution in [0.4, 0.5) is 0 Å². The summed E-state index contributed by atoms with van der Waals surface area (Å²) in [4.78, 5) is 8.96. The predicted molar refractivity (Wildman–Crippen MR) is 85.1 cm³/mol. The number of nitrogens with zero attached hydrogens (tertiary/aromatic N) is 2. The Balaban J connectivity index is 2.34. The van der Waals surface area contributed by atoms with Crippen molar-refractivity contribution in [3.05, 3.63) is 46.7 Å². The molecule has 0 saturated carbocycles. The van der Waals surface area contributed by atoms with Gasteiger partial charge in [-0.25, -0.2) is 9.97 Å². The van der Waals surface area contributed by atoms with Crippen LogP contribution in [0.1, 0.15) is 44.9 Å². The van der Waals surface area contributed by atoms with Gasteiger partial charge in [-0.1, -0.05) is 63.6 Å². The Bertz CT molecular complexity index is 574. The van der Waals surface area contributed by atoms with Crippen molar-refractivity contribution in [3.63, 3.8) is 0 Å². The highest BCUT2D eigenvalue weighted by atomic mass is 35.5. The molecular weight excluding hydrogens is 268 g/mol. The maximum absolute atomic E-state index is 6.11. The van der Waals surface area contributed by atoms with Crippen LogP contribution in [0.15, 0.2) is 30.3 Å². The van der Waals surface area contributed by atoms with Crippen LogP contribution in [0.2, 0.25) is 5.15 Å². The first kappa shape index (κ1) is 15.0. The normalized spacial score (nSPS) is 11.3. The van der Waals surface area contributed by atoms with Gasteiger partial charge in [0.1, 0.15) is 5.15 Å². The zero-order valence-corrected chi connectivity index (χ0v) is 13.3. The van der Waals surface area contributed by atoms with Crippen molar-refractivity contribution in [2.45, 2.75) is 40.0 Å². The average molecular weight is 289 g/mol. The molecule has 1 aromatic carbocycles. The van der Waals surface area contributed by atoms with Gasteiger partial charge in [-0.05, 0) is 29.9 Å². The molecule has 0 amide bonds. The second-order valence-electron chi connectivity index (χ2n) is 5.88. The SMILES string of the molecule is CC(C)Cc1cc(Cl)nc(-c2ccc(C(C)C)cc2)n1. The lowest BCUT2D eigenvalue weighted by atomic mass is 10.0. The van der Waals surface area contributed by atoms with Gasteiger partial charge < -0.3 is 0 Å². The number of halogens is 1. The van der Waals surface area contributed by atoms with Crippen LogP contribution in [0.5, 0.6) is 0 Å². The minimum Gasteiger partial charge on any atom is -0.233 e. The molecule has 0 atom stereocenters. The summed E-state index contributed by atoms with van der Waals surface area (Å²) >= 11 is 6.11. The Morgan fingerprint density at radius 2 is 1.65 bits per heavy atom. The van der Waals surface area contributed by atoms with Crippen molar-refractivity contribution in [1.29, 1.82) is 0 Å². The molecule has 0 aliphatic rings. The average Bonchev–Trinajstić information content (AvgIpc) is 2.37. The lowest BCUT2D eigenvalue weighted by Crippen LogP contribution is -2.00. The van der Waals surface area contributed by atoms with Crippen LogP contribution in [-0.2, 0) is 6.42 Å². The van der Waals surface area contributed by atoms with E-state index in [-0.39, 0.29) is 0 Å². The van der Waals surface area contributed by atoms with E-state index in [2.05, 4.69) is 61.9 Å². The monoisotopic (exact) mass is 288 g/mol. The minimum atomic E-state index is 0.513. The summed E-state index contributed by atoms with van der Waals surface area (Å²) in [5.74, 6) is 1.79. The smallest absolute Gasteiger partial charge is 0.161 e. The molecule has 0 fully saturated rings. The molecule has 106 valence electrons. The highest BCUT2D eigenvalue weighted by Crippen LogP contribution is 2.22. The Labute approximate surface area is 126 Å². The van der Waals surface area contributed by atoms with Crippen molar-refractivity contribution in [3.8, 4) is 11.4 Å². The van der Waals surface area contributed by atoms with Crippen molar-refractivity contribution < 1.29 is 0 Å². The summed E-state index contributed by atoms with van der Waals surface area (Å²) in [6.45, 7) is 8.72. The molecule has 0 saturated heterocycles. The lowest BCUT2D eigenvalue weighted by Gasteiger charge is -2.09. The first-order valence-electron chi connectivity index (χ1n) is 7.09. The van der Waals surface area contributed by atoms with Crippen LogP contribution in [-0.4, -0.2) is 9.97 Å². The van der Waals surface area contributed by atoms with Crippen LogP contribution in [0, 0.1) is 5.92 Å². The molecule has 2 nitrogen and oxygen atoms in total. The van der Waals surface area contributed by atoms with Crippen LogP contribution in [0.25, 0.3) is 11.4 Å². The third-order valence-electron chi connectivity index (χ3n) is 3.20. The van der Waals surface area contributed by atoms with E-state index < -0.39 is 0 Å². The minimum absolute atomic E-state index is 0.513. The maximum atomic E-state index is 6.11. The quantitative estimate of drug-likeness (QED) is 0.730. The summed E-state index contributed by atoms with van der Waals surface area (Å²) in [6.07, 6.45) is 0.916. The van der Waals surface area contributed by atoms with Gasteiger partial charge in [0, 0.05) is 11.3 Å². The number of hydrogen-bond donors (Lipinski definition) is 0. The van der Waals surface area contributed by atoms with Gasteiger partial charge in [-0.2, -0.15) is 0 Å². The fourth-order valence-corrected chi connectivity index (χ4v) is 2.34. The van der Waals surface area contributed by atoms with Crippen LogP contribution < -0.4 is 0 Å².